The summed E-state index contributed by atoms with van der Waals surface area (Å²) in [5, 5.41) is 23.7. The Morgan fingerprint density at radius 1 is 1.11 bits per heavy atom. The molecule has 2 aromatic rings. The van der Waals surface area contributed by atoms with E-state index in [1.54, 1.807) is 14.0 Å². The lowest BCUT2D eigenvalue weighted by Gasteiger charge is -2.60. The number of benzene rings is 2. The number of nitrogens with one attached hydrogen (secondary N) is 1. The van der Waals surface area contributed by atoms with Crippen molar-refractivity contribution in [3.63, 3.8) is 0 Å². The van der Waals surface area contributed by atoms with Gasteiger partial charge >= 0.3 is 6.16 Å². The summed E-state index contributed by atoms with van der Waals surface area (Å²) in [7, 11) is 3.63. The second-order valence-corrected chi connectivity index (χ2v) is 12.6. The number of hydrogen-bond donors (Lipinski definition) is 2. The largest absolute Gasteiger partial charge is 0.511 e. The minimum atomic E-state index is -1.44. The number of ether oxygens (including phenoxy) is 5. The first-order chi connectivity index (χ1) is 21.5. The third-order valence-electron chi connectivity index (χ3n) is 9.91. The van der Waals surface area contributed by atoms with E-state index < -0.39 is 18.2 Å². The molecule has 12 heteroatoms. The first kappa shape index (κ1) is 31.0. The monoisotopic (exact) mass is 620 g/mol. The number of nitriles is 1. The third kappa shape index (κ3) is 4.85. The van der Waals surface area contributed by atoms with Crippen molar-refractivity contribution in [3.8, 4) is 29.1 Å². The van der Waals surface area contributed by atoms with Crippen molar-refractivity contribution in [2.75, 3.05) is 34.3 Å². The molecule has 0 spiro atoms. The lowest BCUT2D eigenvalue weighted by atomic mass is 9.71. The Labute approximate surface area is 262 Å². The Balaban J connectivity index is 1.61. The van der Waals surface area contributed by atoms with Crippen molar-refractivity contribution in [1.82, 2.24) is 15.1 Å². The van der Waals surface area contributed by atoms with Gasteiger partial charge in [-0.05, 0) is 57.4 Å². The molecule has 4 aliphatic heterocycles. The molecule has 5 atom stereocenters. The number of nitrogens with zero attached hydrogens (tertiary/aromatic N) is 3. The molecule has 1 amide bonds. The van der Waals surface area contributed by atoms with Crippen LogP contribution in [0.25, 0.3) is 0 Å². The molecule has 0 aromatic heterocycles. The Kier molecular flexibility index (Phi) is 8.05. The number of hydrogen-bond acceptors (Lipinski definition) is 10. The second-order valence-electron chi connectivity index (χ2n) is 12.6. The molecule has 0 saturated carbocycles. The molecule has 240 valence electrons. The van der Waals surface area contributed by atoms with E-state index in [1.165, 1.54) is 0 Å². The average Bonchev–Trinajstić information content (AvgIpc) is 3.49. The van der Waals surface area contributed by atoms with Crippen molar-refractivity contribution >= 4 is 12.1 Å². The molecule has 1 unspecified atom stereocenters. The number of likely N-dealkylation sites (N-methyl/N-ethyl adjacent to an activating group) is 1. The molecular formula is C33H40N4O8. The number of carbonyl (C=O) groups excluding carboxylic acids is 1. The number of carboxylic acid groups (broad SMARTS) is 1. The zero-order valence-electron chi connectivity index (χ0n) is 26.7. The van der Waals surface area contributed by atoms with Gasteiger partial charge in [-0.25, -0.2) is 4.79 Å². The highest BCUT2D eigenvalue weighted by molar-refractivity contribution is 5.78. The molecular weight excluding hydrogens is 580 g/mol. The van der Waals surface area contributed by atoms with E-state index >= 15 is 0 Å². The number of fused-ring (bicyclic) bond motifs is 9. The highest BCUT2D eigenvalue weighted by Crippen LogP contribution is 2.58. The van der Waals surface area contributed by atoms with Gasteiger partial charge in [-0.15, -0.1) is 0 Å². The molecule has 1 saturated heterocycles. The van der Waals surface area contributed by atoms with Crippen LogP contribution in [0, 0.1) is 38.0 Å². The van der Waals surface area contributed by atoms with Crippen LogP contribution in [0.2, 0.25) is 0 Å². The Hall–Kier alpha value is -4.05. The molecule has 6 rings (SSSR count). The first-order valence-corrected chi connectivity index (χ1v) is 15.3. The lowest BCUT2D eigenvalue weighted by Crippen LogP contribution is -2.68. The van der Waals surface area contributed by atoms with Crippen LogP contribution in [0.4, 0.5) is 4.79 Å². The highest BCUT2D eigenvalue weighted by atomic mass is 16.7. The van der Waals surface area contributed by atoms with Crippen molar-refractivity contribution in [2.45, 2.75) is 77.7 Å². The number of piperazine rings is 1. The molecule has 12 nitrogen and oxygen atoms in total. The third-order valence-corrected chi connectivity index (χ3v) is 9.91. The van der Waals surface area contributed by atoms with E-state index in [-0.39, 0.29) is 55.8 Å². The van der Waals surface area contributed by atoms with Crippen LogP contribution in [0.3, 0.4) is 0 Å². The maximum atomic E-state index is 12.9. The van der Waals surface area contributed by atoms with Crippen LogP contribution >= 0.6 is 0 Å². The van der Waals surface area contributed by atoms with E-state index in [4.69, 9.17) is 23.7 Å². The summed E-state index contributed by atoms with van der Waals surface area (Å²) in [5.74, 6) is 1.49. The van der Waals surface area contributed by atoms with Crippen LogP contribution in [-0.4, -0.2) is 79.4 Å². The van der Waals surface area contributed by atoms with Crippen molar-refractivity contribution in [1.29, 1.82) is 5.26 Å². The van der Waals surface area contributed by atoms with Gasteiger partial charge in [0.1, 0.15) is 17.5 Å². The number of amides is 1. The number of aryl methyl sites for hydroxylation is 1. The van der Waals surface area contributed by atoms with Crippen molar-refractivity contribution in [2.24, 2.45) is 5.92 Å². The molecule has 0 radical (unpaired) electrons. The van der Waals surface area contributed by atoms with Crippen LogP contribution in [0.1, 0.15) is 64.9 Å². The number of carbonyl (C=O) groups is 2. The second kappa shape index (κ2) is 11.7. The van der Waals surface area contributed by atoms with Gasteiger partial charge < -0.3 is 34.1 Å². The summed E-state index contributed by atoms with van der Waals surface area (Å²) >= 11 is 0. The fourth-order valence-electron chi connectivity index (χ4n) is 7.80. The predicted molar refractivity (Wildman–Crippen MR) is 162 cm³/mol. The lowest BCUT2D eigenvalue weighted by molar-refractivity contribution is -0.125. The molecule has 0 aliphatic carbocycles. The number of methoxy groups -OCH3 is 1. The van der Waals surface area contributed by atoms with Crippen molar-refractivity contribution < 1.29 is 38.4 Å². The van der Waals surface area contributed by atoms with Gasteiger partial charge in [0.2, 0.25) is 12.7 Å². The van der Waals surface area contributed by atoms with Gasteiger partial charge in [0.15, 0.2) is 18.3 Å². The molecule has 2 N–H and O–H groups in total. The van der Waals surface area contributed by atoms with Gasteiger partial charge in [-0.3, -0.25) is 14.6 Å². The van der Waals surface area contributed by atoms with E-state index in [0.29, 0.717) is 41.0 Å². The van der Waals surface area contributed by atoms with Crippen LogP contribution in [0.5, 0.6) is 23.0 Å². The molecule has 4 heterocycles. The van der Waals surface area contributed by atoms with E-state index in [1.807, 2.05) is 27.8 Å². The van der Waals surface area contributed by atoms with E-state index in [2.05, 4.69) is 34.2 Å². The zero-order valence-corrected chi connectivity index (χ0v) is 26.7. The fraction of sp³-hybridized carbons (Fsp3) is 0.545. The van der Waals surface area contributed by atoms with Crippen molar-refractivity contribution in [3.05, 3.63) is 45.0 Å². The maximum absolute atomic E-state index is 12.9. The fourth-order valence-corrected chi connectivity index (χ4v) is 7.80. The summed E-state index contributed by atoms with van der Waals surface area (Å²) < 4.78 is 28.9. The van der Waals surface area contributed by atoms with Gasteiger partial charge in [0.25, 0.3) is 0 Å². The van der Waals surface area contributed by atoms with E-state index in [9.17, 15) is 20.0 Å². The normalized spacial score (nSPS) is 24.7. The summed E-state index contributed by atoms with van der Waals surface area (Å²) in [6.45, 7) is 9.73. The zero-order chi connectivity index (χ0) is 32.3. The Morgan fingerprint density at radius 2 is 1.84 bits per heavy atom. The smallest absolute Gasteiger partial charge is 0.467 e. The molecule has 2 aromatic carbocycles. The molecule has 1 fully saturated rings. The highest BCUT2D eigenvalue weighted by Gasteiger charge is 2.56. The SMILES string of the molecule is COCOc1c(C)c(C)cc2c1[C@@H]1C3Cc4c(OC(=O)O)c(C)c5c(c4[C@H](CNC(=O)C(C)C)N3[C@@H](C#N)[C@H](C2)N1C)OCO5. The molecule has 45 heavy (non-hydrogen) atoms. The minimum absolute atomic E-state index is 0.0322. The summed E-state index contributed by atoms with van der Waals surface area (Å²) in [6.07, 6.45) is -0.447. The molecule has 2 bridgehead atoms. The minimum Gasteiger partial charge on any atom is -0.467 e. The quantitative estimate of drug-likeness (QED) is 0.264. The van der Waals surface area contributed by atoms with Gasteiger partial charge in [0, 0.05) is 53.9 Å². The predicted octanol–water partition coefficient (Wildman–Crippen LogP) is 3.92. The Bertz CT molecular complexity index is 1600. The van der Waals surface area contributed by atoms with Gasteiger partial charge in [-0.2, -0.15) is 5.26 Å². The summed E-state index contributed by atoms with van der Waals surface area (Å²) in [6, 6.07) is 3.03. The summed E-state index contributed by atoms with van der Waals surface area (Å²) in [4.78, 5) is 29.4. The van der Waals surface area contributed by atoms with E-state index in [0.717, 1.165) is 28.0 Å². The van der Waals surface area contributed by atoms with Gasteiger partial charge in [0.05, 0.1) is 18.2 Å². The number of rotatable bonds is 7. The van der Waals surface area contributed by atoms with Crippen LogP contribution in [-0.2, 0) is 22.4 Å². The van der Waals surface area contributed by atoms with Gasteiger partial charge in [-0.1, -0.05) is 19.9 Å². The van der Waals surface area contributed by atoms with Crippen LogP contribution < -0.4 is 24.3 Å². The average molecular weight is 621 g/mol. The Morgan fingerprint density at radius 3 is 2.51 bits per heavy atom. The standard InChI is InChI=1S/C33H40N4O8/c1-15(2)32(38)35-12-24-26-20(28(45-33(39)40)18(5)30-31(26)44-14-43-30)10-22-27-25-19(8-16(3)17(4)29(25)42-13-41-7)9-21(36(27)6)23(11-34)37(22)24/h8,15,21-24,27H,9-10,12-14H2,1-7H3,(H,35,38)(H,39,40)/t21-,22?,23-,24-,27-/m0/s1. The summed E-state index contributed by atoms with van der Waals surface area (Å²) in [5.41, 5.74) is 6.14. The molecule has 4 aliphatic rings. The maximum Gasteiger partial charge on any atom is 0.511 e. The topological polar surface area (TPSA) is 143 Å². The van der Waals surface area contributed by atoms with Crippen LogP contribution in [0.15, 0.2) is 6.07 Å². The first-order valence-electron chi connectivity index (χ1n) is 15.3.